The molecule has 1 aliphatic rings. The van der Waals surface area contributed by atoms with E-state index < -0.39 is 6.10 Å². The van der Waals surface area contributed by atoms with Crippen LogP contribution in [0.4, 0.5) is 0 Å². The van der Waals surface area contributed by atoms with E-state index in [1.807, 2.05) is 0 Å². The molecule has 1 aliphatic heterocycles. The number of rotatable bonds is 8. The Balaban J connectivity index is 1.93. The smallest absolute Gasteiger partial charge is 0.191 e. The fourth-order valence-electron chi connectivity index (χ4n) is 3.48. The molecular formula is C20H36N4O2. The van der Waals surface area contributed by atoms with E-state index in [2.05, 4.69) is 36.3 Å². The maximum absolute atomic E-state index is 10.2. The molecule has 2 rings (SSSR count). The summed E-state index contributed by atoms with van der Waals surface area (Å²) in [7, 11) is 0. The highest BCUT2D eigenvalue weighted by molar-refractivity contribution is 5.79. The Kier molecular flexibility index (Phi) is 8.98. The Bertz CT molecular complexity index is 508. The van der Waals surface area contributed by atoms with Crippen LogP contribution in [0.25, 0.3) is 0 Å². The van der Waals surface area contributed by atoms with Crippen LogP contribution in [0.15, 0.2) is 27.8 Å². The number of aliphatic hydroxyl groups excluding tert-OH is 1. The second-order valence-electron chi connectivity index (χ2n) is 7.39. The largest absolute Gasteiger partial charge is 0.467 e. The zero-order chi connectivity index (χ0) is 18.8. The zero-order valence-corrected chi connectivity index (χ0v) is 16.6. The number of nitrogens with one attached hydrogen (secondary N) is 2. The lowest BCUT2D eigenvalue weighted by atomic mass is 10.0. The lowest BCUT2D eigenvalue weighted by Crippen LogP contribution is -2.44. The first-order valence-electron chi connectivity index (χ1n) is 10.1. The van der Waals surface area contributed by atoms with Gasteiger partial charge in [-0.25, -0.2) is 0 Å². The van der Waals surface area contributed by atoms with E-state index in [4.69, 9.17) is 9.41 Å². The molecule has 26 heavy (non-hydrogen) atoms. The average Bonchev–Trinajstić information content (AvgIpc) is 3.03. The Hall–Kier alpha value is -1.53. The molecule has 3 N–H and O–H groups in total. The number of aliphatic hydroxyl groups is 1. The molecule has 0 spiro atoms. The van der Waals surface area contributed by atoms with Crippen LogP contribution < -0.4 is 10.6 Å². The molecule has 1 aromatic heterocycles. The van der Waals surface area contributed by atoms with Gasteiger partial charge in [-0.2, -0.15) is 0 Å². The highest BCUT2D eigenvalue weighted by atomic mass is 16.4. The van der Waals surface area contributed by atoms with Crippen molar-refractivity contribution in [2.75, 3.05) is 32.7 Å². The van der Waals surface area contributed by atoms with Gasteiger partial charge in [-0.3, -0.25) is 9.89 Å². The highest BCUT2D eigenvalue weighted by Crippen LogP contribution is 2.18. The van der Waals surface area contributed by atoms with E-state index in [1.165, 1.54) is 38.8 Å². The third kappa shape index (κ3) is 6.65. The summed E-state index contributed by atoms with van der Waals surface area (Å²) in [5.41, 5.74) is 0. The van der Waals surface area contributed by atoms with E-state index in [9.17, 15) is 5.11 Å². The standard InChI is InChI=1S/C20H36N4O2/c1-4-21-20(23-15-18(25)19-10-9-13-26-19)22-14-17(16(2)3)24-11-7-5-6-8-12-24/h9-10,13,16-18,25H,4-8,11-12,14-15H2,1-3H3,(H2,21,22,23). The highest BCUT2D eigenvalue weighted by Gasteiger charge is 2.22. The first kappa shape index (κ1) is 20.8. The van der Waals surface area contributed by atoms with Crippen molar-refractivity contribution in [2.45, 2.75) is 58.6 Å². The summed E-state index contributed by atoms with van der Waals surface area (Å²) in [5.74, 6) is 1.88. The Labute approximate surface area is 158 Å². The third-order valence-corrected chi connectivity index (χ3v) is 4.99. The predicted molar refractivity (Wildman–Crippen MR) is 106 cm³/mol. The summed E-state index contributed by atoms with van der Waals surface area (Å²) in [6, 6.07) is 4.02. The predicted octanol–water partition coefficient (Wildman–Crippen LogP) is 2.77. The number of nitrogens with zero attached hydrogens (tertiary/aromatic N) is 2. The molecule has 0 aliphatic carbocycles. The molecule has 0 bridgehead atoms. The minimum atomic E-state index is -0.680. The maximum Gasteiger partial charge on any atom is 0.191 e. The van der Waals surface area contributed by atoms with Crippen LogP contribution in [-0.4, -0.2) is 54.7 Å². The van der Waals surface area contributed by atoms with Gasteiger partial charge in [0.05, 0.1) is 19.4 Å². The van der Waals surface area contributed by atoms with Gasteiger partial charge < -0.3 is 20.2 Å². The summed E-state index contributed by atoms with van der Waals surface area (Å²) in [6.07, 6.45) is 6.17. The Morgan fingerprint density at radius 1 is 1.23 bits per heavy atom. The van der Waals surface area contributed by atoms with Gasteiger partial charge in [0, 0.05) is 12.6 Å². The fourth-order valence-corrected chi connectivity index (χ4v) is 3.48. The minimum absolute atomic E-state index is 0.370. The van der Waals surface area contributed by atoms with E-state index in [-0.39, 0.29) is 0 Å². The molecule has 6 nitrogen and oxygen atoms in total. The molecule has 2 heterocycles. The van der Waals surface area contributed by atoms with Gasteiger partial charge >= 0.3 is 0 Å². The maximum atomic E-state index is 10.2. The van der Waals surface area contributed by atoms with Crippen LogP contribution in [-0.2, 0) is 0 Å². The topological polar surface area (TPSA) is 73.0 Å². The Morgan fingerprint density at radius 3 is 2.54 bits per heavy atom. The second kappa shape index (κ2) is 11.2. The van der Waals surface area contributed by atoms with E-state index in [0.29, 0.717) is 24.3 Å². The van der Waals surface area contributed by atoms with Crippen molar-refractivity contribution in [3.63, 3.8) is 0 Å². The SMILES string of the molecule is CCNC(=NCC(C(C)C)N1CCCCCC1)NCC(O)c1ccco1. The van der Waals surface area contributed by atoms with Crippen LogP contribution >= 0.6 is 0 Å². The van der Waals surface area contributed by atoms with Gasteiger partial charge in [0.15, 0.2) is 5.96 Å². The number of furan rings is 1. The van der Waals surface area contributed by atoms with Crippen molar-refractivity contribution >= 4 is 5.96 Å². The number of hydrogen-bond donors (Lipinski definition) is 3. The van der Waals surface area contributed by atoms with Gasteiger partial charge in [-0.1, -0.05) is 26.7 Å². The van der Waals surface area contributed by atoms with Crippen molar-refractivity contribution in [1.82, 2.24) is 15.5 Å². The van der Waals surface area contributed by atoms with E-state index in [0.717, 1.165) is 19.0 Å². The number of guanidine groups is 1. The number of likely N-dealkylation sites (tertiary alicyclic amines) is 1. The second-order valence-corrected chi connectivity index (χ2v) is 7.39. The molecule has 0 amide bonds. The minimum Gasteiger partial charge on any atom is -0.467 e. The first-order chi connectivity index (χ1) is 12.6. The molecule has 0 saturated carbocycles. The summed E-state index contributed by atoms with van der Waals surface area (Å²) < 4.78 is 5.25. The van der Waals surface area contributed by atoms with Crippen molar-refractivity contribution in [3.8, 4) is 0 Å². The summed E-state index contributed by atoms with van der Waals surface area (Å²) in [5, 5.41) is 16.7. The average molecular weight is 365 g/mol. The summed E-state index contributed by atoms with van der Waals surface area (Å²) >= 11 is 0. The molecule has 2 unspecified atom stereocenters. The van der Waals surface area contributed by atoms with Crippen molar-refractivity contribution in [1.29, 1.82) is 0 Å². The van der Waals surface area contributed by atoms with Crippen LogP contribution in [0, 0.1) is 5.92 Å². The summed E-state index contributed by atoms with van der Waals surface area (Å²) in [6.45, 7) is 10.9. The molecular weight excluding hydrogens is 328 g/mol. The summed E-state index contributed by atoms with van der Waals surface area (Å²) in [4.78, 5) is 7.42. The van der Waals surface area contributed by atoms with Crippen molar-refractivity contribution in [3.05, 3.63) is 24.2 Å². The molecule has 0 radical (unpaired) electrons. The molecule has 1 aromatic rings. The van der Waals surface area contributed by atoms with E-state index >= 15 is 0 Å². The fraction of sp³-hybridized carbons (Fsp3) is 0.750. The van der Waals surface area contributed by atoms with Crippen LogP contribution in [0.2, 0.25) is 0 Å². The Morgan fingerprint density at radius 2 is 1.96 bits per heavy atom. The molecule has 0 aromatic carbocycles. The van der Waals surface area contributed by atoms with E-state index in [1.54, 1.807) is 18.4 Å². The molecule has 1 saturated heterocycles. The van der Waals surface area contributed by atoms with Crippen LogP contribution in [0.5, 0.6) is 0 Å². The monoisotopic (exact) mass is 364 g/mol. The molecule has 148 valence electrons. The van der Waals surface area contributed by atoms with Gasteiger partial charge in [-0.05, 0) is 50.9 Å². The van der Waals surface area contributed by atoms with Gasteiger partial charge in [0.25, 0.3) is 0 Å². The molecule has 1 fully saturated rings. The first-order valence-corrected chi connectivity index (χ1v) is 10.1. The van der Waals surface area contributed by atoms with Gasteiger partial charge in [0.2, 0.25) is 0 Å². The quantitative estimate of drug-likeness (QED) is 0.489. The lowest BCUT2D eigenvalue weighted by Gasteiger charge is -2.32. The lowest BCUT2D eigenvalue weighted by molar-refractivity contribution is 0.152. The van der Waals surface area contributed by atoms with Gasteiger partial charge in [0.1, 0.15) is 11.9 Å². The van der Waals surface area contributed by atoms with Crippen molar-refractivity contribution in [2.24, 2.45) is 10.9 Å². The number of aliphatic imine (C=N–C) groups is 1. The van der Waals surface area contributed by atoms with Crippen LogP contribution in [0.1, 0.15) is 58.3 Å². The normalized spacial score (nSPS) is 19.2. The van der Waals surface area contributed by atoms with Gasteiger partial charge in [-0.15, -0.1) is 0 Å². The third-order valence-electron chi connectivity index (χ3n) is 4.99. The number of hydrogen-bond acceptors (Lipinski definition) is 4. The zero-order valence-electron chi connectivity index (χ0n) is 16.6. The van der Waals surface area contributed by atoms with Crippen molar-refractivity contribution < 1.29 is 9.52 Å². The van der Waals surface area contributed by atoms with Crippen LogP contribution in [0.3, 0.4) is 0 Å². The molecule has 2 atom stereocenters. The molecule has 6 heteroatoms.